The molecule has 1 heterocycles. The van der Waals surface area contributed by atoms with Crippen molar-refractivity contribution in [3.63, 3.8) is 0 Å². The van der Waals surface area contributed by atoms with E-state index in [0.717, 1.165) is 22.2 Å². The predicted molar refractivity (Wildman–Crippen MR) is 147 cm³/mol. The molecule has 0 aliphatic rings. The van der Waals surface area contributed by atoms with Crippen molar-refractivity contribution in [2.45, 2.75) is 13.8 Å². The topological polar surface area (TPSA) is 77.7 Å². The highest BCUT2D eigenvalue weighted by atomic mass is 16.7. The number of hydrogen-bond donors (Lipinski definition) is 0. The van der Waals surface area contributed by atoms with E-state index in [1.807, 2.05) is 78.2 Å². The van der Waals surface area contributed by atoms with Gasteiger partial charge in [0.1, 0.15) is 0 Å². The van der Waals surface area contributed by atoms with E-state index in [1.54, 1.807) is 42.6 Å². The highest BCUT2D eigenvalue weighted by molar-refractivity contribution is 6.53. The molecule has 6 heteroatoms. The highest BCUT2D eigenvalue weighted by Crippen LogP contribution is 2.27. The molecule has 0 saturated carbocycles. The first-order valence-electron chi connectivity index (χ1n) is 12.1. The quantitative estimate of drug-likeness (QED) is 0.113. The average molecular weight is 501 g/mol. The van der Waals surface area contributed by atoms with E-state index >= 15 is 0 Å². The smallest absolute Gasteiger partial charge is 0.318 e. The van der Waals surface area contributed by atoms with Gasteiger partial charge in [0.05, 0.1) is 11.1 Å². The van der Waals surface area contributed by atoms with Crippen molar-refractivity contribution in [2.24, 2.45) is 5.16 Å². The van der Waals surface area contributed by atoms with Gasteiger partial charge in [-0.1, -0.05) is 78.0 Å². The number of hydrogen-bond acceptors (Lipinski definition) is 5. The fourth-order valence-corrected chi connectivity index (χ4v) is 4.39. The molecular weight excluding hydrogens is 476 g/mol. The largest absolute Gasteiger partial charge is 0.332 e. The maximum atomic E-state index is 13.9. The number of aryl methyl sites for hydroxylation is 1. The van der Waals surface area contributed by atoms with Crippen LogP contribution < -0.4 is 0 Å². The number of nitrogens with zero attached hydrogens (tertiary/aromatic N) is 2. The van der Waals surface area contributed by atoms with Gasteiger partial charge in [0, 0.05) is 40.9 Å². The zero-order chi connectivity index (χ0) is 26.6. The van der Waals surface area contributed by atoms with Gasteiger partial charge in [-0.3, -0.25) is 9.59 Å². The number of oxime groups is 1. The number of Topliss-reactive ketones (excluding diaryl/α,β-unsaturated/α-hetero) is 1. The van der Waals surface area contributed by atoms with Crippen LogP contribution >= 0.6 is 0 Å². The fraction of sp³-hybridized carbons (Fsp3) is 0.0625. The molecule has 0 aliphatic carbocycles. The van der Waals surface area contributed by atoms with Gasteiger partial charge in [0.15, 0.2) is 11.5 Å². The minimum Gasteiger partial charge on any atom is -0.318 e. The third-order valence-corrected chi connectivity index (χ3v) is 6.28. The van der Waals surface area contributed by atoms with E-state index in [1.165, 1.54) is 6.92 Å². The number of aromatic nitrogens is 1. The van der Waals surface area contributed by atoms with Crippen LogP contribution in [0.1, 0.15) is 44.3 Å². The maximum Gasteiger partial charge on any atom is 0.332 e. The molecular formula is C32H24N2O4. The van der Waals surface area contributed by atoms with Crippen LogP contribution in [0.25, 0.3) is 16.6 Å². The predicted octanol–water partition coefficient (Wildman–Crippen LogP) is 6.32. The Morgan fingerprint density at radius 1 is 0.711 bits per heavy atom. The number of carbonyl (C=O) groups is 3. The molecule has 38 heavy (non-hydrogen) atoms. The number of fused-ring (bicyclic) bond motifs is 1. The van der Waals surface area contributed by atoms with Crippen molar-refractivity contribution >= 4 is 34.2 Å². The van der Waals surface area contributed by atoms with E-state index in [2.05, 4.69) is 5.16 Å². The van der Waals surface area contributed by atoms with E-state index in [4.69, 9.17) is 4.84 Å². The number of ketones is 2. The summed E-state index contributed by atoms with van der Waals surface area (Å²) in [6.45, 7) is 3.11. The molecule has 0 radical (unpaired) electrons. The Balaban J connectivity index is 1.57. The van der Waals surface area contributed by atoms with Gasteiger partial charge < -0.3 is 9.40 Å². The third kappa shape index (κ3) is 4.80. The van der Waals surface area contributed by atoms with Crippen molar-refractivity contribution in [3.05, 3.63) is 137 Å². The first-order valence-corrected chi connectivity index (χ1v) is 12.1. The van der Waals surface area contributed by atoms with Crippen molar-refractivity contribution in [3.8, 4) is 5.69 Å². The van der Waals surface area contributed by atoms with Crippen LogP contribution in [0.2, 0.25) is 0 Å². The first-order chi connectivity index (χ1) is 18.4. The van der Waals surface area contributed by atoms with Crippen LogP contribution in [0.3, 0.4) is 0 Å². The molecule has 5 aromatic rings. The second kappa shape index (κ2) is 10.5. The van der Waals surface area contributed by atoms with Crippen molar-refractivity contribution < 1.29 is 19.2 Å². The summed E-state index contributed by atoms with van der Waals surface area (Å²) in [5.41, 5.74) is 4.67. The van der Waals surface area contributed by atoms with Gasteiger partial charge in [0.25, 0.3) is 0 Å². The molecule has 5 rings (SSSR count). The molecule has 186 valence electrons. The van der Waals surface area contributed by atoms with Crippen LogP contribution in [-0.4, -0.2) is 27.8 Å². The van der Waals surface area contributed by atoms with E-state index in [9.17, 15) is 14.4 Å². The van der Waals surface area contributed by atoms with Crippen LogP contribution in [-0.2, 0) is 9.63 Å². The molecule has 0 N–H and O–H groups in total. The van der Waals surface area contributed by atoms with Crippen LogP contribution in [0.4, 0.5) is 0 Å². The normalized spacial score (nSPS) is 11.4. The van der Waals surface area contributed by atoms with Gasteiger partial charge >= 0.3 is 5.97 Å². The summed E-state index contributed by atoms with van der Waals surface area (Å²) in [6.07, 6.45) is 1.75. The molecule has 6 nitrogen and oxygen atoms in total. The van der Waals surface area contributed by atoms with E-state index < -0.39 is 5.97 Å². The van der Waals surface area contributed by atoms with E-state index in [-0.39, 0.29) is 17.3 Å². The summed E-state index contributed by atoms with van der Waals surface area (Å²) in [6, 6.07) is 31.3. The Labute approximate surface area is 219 Å². The molecule has 1 aromatic heterocycles. The summed E-state index contributed by atoms with van der Waals surface area (Å²) in [5.74, 6) is -1.04. The van der Waals surface area contributed by atoms with Crippen LogP contribution in [0.15, 0.2) is 114 Å². The Bertz CT molecular complexity index is 1700. The van der Waals surface area contributed by atoms with Gasteiger partial charge in [-0.15, -0.1) is 0 Å². The maximum absolute atomic E-state index is 13.9. The molecule has 0 atom stereocenters. The fourth-order valence-electron chi connectivity index (χ4n) is 4.39. The molecule has 0 fully saturated rings. The summed E-state index contributed by atoms with van der Waals surface area (Å²) >= 11 is 0. The zero-order valence-corrected chi connectivity index (χ0v) is 20.9. The summed E-state index contributed by atoms with van der Waals surface area (Å²) in [4.78, 5) is 43.2. The number of benzene rings is 4. The lowest BCUT2D eigenvalue weighted by atomic mass is 9.97. The monoisotopic (exact) mass is 500 g/mol. The Morgan fingerprint density at radius 3 is 2.05 bits per heavy atom. The summed E-state index contributed by atoms with van der Waals surface area (Å²) in [5, 5.41) is 4.68. The molecule has 0 saturated heterocycles. The number of para-hydroxylation sites is 1. The van der Waals surface area contributed by atoms with Crippen LogP contribution in [0, 0.1) is 6.92 Å². The first kappa shape index (κ1) is 24.6. The second-order valence-electron chi connectivity index (χ2n) is 8.84. The molecule has 0 aliphatic heterocycles. The molecule has 0 spiro atoms. The van der Waals surface area contributed by atoms with Crippen LogP contribution in [0.5, 0.6) is 0 Å². The van der Waals surface area contributed by atoms with Gasteiger partial charge in [-0.2, -0.15) is 0 Å². The Hall–Kier alpha value is -5.10. The lowest BCUT2D eigenvalue weighted by molar-refractivity contribution is -0.140. The number of rotatable bonds is 7. The Kier molecular flexibility index (Phi) is 6.78. The van der Waals surface area contributed by atoms with Gasteiger partial charge in [-0.05, 0) is 42.8 Å². The zero-order valence-electron chi connectivity index (χ0n) is 20.9. The average Bonchev–Trinajstić information content (AvgIpc) is 3.34. The Morgan fingerprint density at radius 2 is 1.34 bits per heavy atom. The molecule has 4 aromatic carbocycles. The van der Waals surface area contributed by atoms with Crippen molar-refractivity contribution in [1.29, 1.82) is 0 Å². The minimum atomic E-state index is -0.614. The number of carbonyl (C=O) groups excluding carboxylic acids is 3. The molecule has 0 unspecified atom stereocenters. The summed E-state index contributed by atoms with van der Waals surface area (Å²) < 4.78 is 1.90. The molecule has 0 bridgehead atoms. The second-order valence-corrected chi connectivity index (χ2v) is 8.84. The minimum absolute atomic E-state index is 0.0463. The van der Waals surface area contributed by atoms with Gasteiger partial charge in [-0.25, -0.2) is 4.79 Å². The lowest BCUT2D eigenvalue weighted by Gasteiger charge is -2.08. The lowest BCUT2D eigenvalue weighted by Crippen LogP contribution is -2.18. The highest BCUT2D eigenvalue weighted by Gasteiger charge is 2.24. The van der Waals surface area contributed by atoms with Gasteiger partial charge in [0.2, 0.25) is 5.78 Å². The standard InChI is InChI=1S/C32H24N2O4/c1-21-10-6-7-13-26(21)30(33-38-22(2)35)32(37)28-20-34(29-15-9-8-14-27(28)29)25-18-16-24(17-19-25)31(36)23-11-4-3-5-12-23/h3-20H,1-2H3/b33-30+. The van der Waals surface area contributed by atoms with Crippen molar-refractivity contribution in [1.82, 2.24) is 4.57 Å². The van der Waals surface area contributed by atoms with E-state index in [0.29, 0.717) is 22.3 Å². The molecule has 0 amide bonds. The summed E-state index contributed by atoms with van der Waals surface area (Å²) in [7, 11) is 0. The SMILES string of the molecule is CC(=O)O/N=C(/C(=O)c1cn(-c2ccc(C(=O)c3ccccc3)cc2)c2ccccc12)c1ccccc1C. The third-order valence-electron chi connectivity index (χ3n) is 6.28. The van der Waals surface area contributed by atoms with Crippen molar-refractivity contribution in [2.75, 3.05) is 0 Å².